The Morgan fingerprint density at radius 1 is 1.18 bits per heavy atom. The second-order valence-corrected chi connectivity index (χ2v) is 9.50. The van der Waals surface area contributed by atoms with Gasteiger partial charge in [0, 0.05) is 24.3 Å². The summed E-state index contributed by atoms with van der Waals surface area (Å²) in [6, 6.07) is 7.42. The SMILES string of the molecule is CC(=O)c1cccc(CC[C@H](O)/C=C/[C@@H]2[C@@H](C/C=C\CCCC(=O)OC(C)C)[C@@H](O)C[C@H]2O)c1. The van der Waals surface area contributed by atoms with Crippen molar-refractivity contribution in [2.24, 2.45) is 11.8 Å². The number of ether oxygens (including phenoxy) is 1. The van der Waals surface area contributed by atoms with Gasteiger partial charge in [0.15, 0.2) is 5.78 Å². The molecule has 1 aliphatic carbocycles. The van der Waals surface area contributed by atoms with Crippen molar-refractivity contribution in [1.82, 2.24) is 0 Å². The molecule has 1 saturated carbocycles. The second kappa shape index (κ2) is 14.2. The standard InChI is InChI=1S/C28H40O6/c1-19(2)34-28(33)12-7-5-4-6-11-24-25(27(32)18-26(24)31)16-15-23(30)14-13-21-9-8-10-22(17-21)20(3)29/h4,6,8-10,15-17,19,23-27,30-32H,5,7,11-14,18H2,1-3H3/b6-4-,16-15+/t23-,24+,25+,26-,27+/m0/s1. The maximum absolute atomic E-state index is 11.6. The van der Waals surface area contributed by atoms with Gasteiger partial charge in [-0.3, -0.25) is 9.59 Å². The molecule has 6 nitrogen and oxygen atoms in total. The molecule has 1 aromatic rings. The van der Waals surface area contributed by atoms with E-state index in [0.29, 0.717) is 44.1 Å². The minimum absolute atomic E-state index is 0.0183. The number of hydrogen-bond acceptors (Lipinski definition) is 6. The quantitative estimate of drug-likeness (QED) is 0.172. The summed E-state index contributed by atoms with van der Waals surface area (Å²) in [6.45, 7) is 5.20. The zero-order chi connectivity index (χ0) is 25.1. The van der Waals surface area contributed by atoms with Gasteiger partial charge >= 0.3 is 5.97 Å². The lowest BCUT2D eigenvalue weighted by molar-refractivity contribution is -0.147. The Balaban J connectivity index is 1.81. The van der Waals surface area contributed by atoms with Gasteiger partial charge in [0.1, 0.15) is 0 Å². The van der Waals surface area contributed by atoms with E-state index < -0.39 is 18.3 Å². The van der Waals surface area contributed by atoms with Crippen LogP contribution in [0.3, 0.4) is 0 Å². The number of aliphatic hydroxyl groups excluding tert-OH is 3. The van der Waals surface area contributed by atoms with E-state index in [9.17, 15) is 24.9 Å². The first kappa shape index (κ1) is 28.0. The Labute approximate surface area is 203 Å². The van der Waals surface area contributed by atoms with E-state index in [-0.39, 0.29) is 29.7 Å². The normalized spacial score (nSPS) is 23.7. The summed E-state index contributed by atoms with van der Waals surface area (Å²) in [4.78, 5) is 23.1. The van der Waals surface area contributed by atoms with Crippen LogP contribution in [0, 0.1) is 11.8 Å². The average Bonchev–Trinajstić information content (AvgIpc) is 3.04. The van der Waals surface area contributed by atoms with Gasteiger partial charge in [0.25, 0.3) is 0 Å². The van der Waals surface area contributed by atoms with Gasteiger partial charge in [-0.2, -0.15) is 0 Å². The number of esters is 1. The van der Waals surface area contributed by atoms with Crippen LogP contribution in [0.2, 0.25) is 0 Å². The molecule has 0 spiro atoms. The van der Waals surface area contributed by atoms with Crippen LogP contribution in [0.15, 0.2) is 48.6 Å². The fraction of sp³-hybridized carbons (Fsp3) is 0.571. The lowest BCUT2D eigenvalue weighted by atomic mass is 9.89. The fourth-order valence-corrected chi connectivity index (χ4v) is 4.38. The number of hydrogen-bond donors (Lipinski definition) is 3. The van der Waals surface area contributed by atoms with E-state index in [1.165, 1.54) is 6.92 Å². The summed E-state index contributed by atoms with van der Waals surface area (Å²) in [5.74, 6) is -0.512. The number of ketones is 1. The van der Waals surface area contributed by atoms with Crippen LogP contribution in [-0.4, -0.2) is 51.5 Å². The molecule has 0 aliphatic heterocycles. The molecule has 0 saturated heterocycles. The molecular formula is C28H40O6. The molecule has 5 atom stereocenters. The second-order valence-electron chi connectivity index (χ2n) is 9.50. The Bertz CT molecular complexity index is 843. The van der Waals surface area contributed by atoms with Gasteiger partial charge in [-0.05, 0) is 70.4 Å². The Morgan fingerprint density at radius 2 is 1.94 bits per heavy atom. The zero-order valence-corrected chi connectivity index (χ0v) is 20.6. The third kappa shape index (κ3) is 9.53. The molecule has 0 bridgehead atoms. The first-order chi connectivity index (χ1) is 16.2. The van der Waals surface area contributed by atoms with Crippen LogP contribution in [0.1, 0.15) is 75.2 Å². The number of carbonyl (C=O) groups is 2. The number of unbranched alkanes of at least 4 members (excludes halogenated alkanes) is 1. The Hall–Kier alpha value is -2.28. The van der Waals surface area contributed by atoms with Crippen molar-refractivity contribution in [3.63, 3.8) is 0 Å². The smallest absolute Gasteiger partial charge is 0.306 e. The minimum atomic E-state index is -0.673. The molecule has 0 amide bonds. The molecule has 1 aliphatic rings. The van der Waals surface area contributed by atoms with Crippen molar-refractivity contribution in [3.05, 3.63) is 59.7 Å². The summed E-state index contributed by atoms with van der Waals surface area (Å²) in [5, 5.41) is 31.2. The molecule has 2 rings (SSSR count). The lowest BCUT2D eigenvalue weighted by Crippen LogP contribution is -2.20. The molecular weight excluding hydrogens is 432 g/mol. The van der Waals surface area contributed by atoms with Gasteiger partial charge in [-0.25, -0.2) is 0 Å². The lowest BCUT2D eigenvalue weighted by Gasteiger charge is -2.19. The third-order valence-corrected chi connectivity index (χ3v) is 6.23. The third-order valence-electron chi connectivity index (χ3n) is 6.23. The average molecular weight is 473 g/mol. The topological polar surface area (TPSA) is 104 Å². The highest BCUT2D eigenvalue weighted by molar-refractivity contribution is 5.94. The molecule has 0 heterocycles. The Kier molecular flexibility index (Phi) is 11.7. The number of carbonyl (C=O) groups excluding carboxylic acids is 2. The molecule has 3 N–H and O–H groups in total. The number of aliphatic hydroxyl groups is 3. The number of rotatable bonds is 13. The van der Waals surface area contributed by atoms with E-state index in [1.807, 2.05) is 50.3 Å². The van der Waals surface area contributed by atoms with Crippen LogP contribution in [0.5, 0.6) is 0 Å². The maximum atomic E-state index is 11.6. The van der Waals surface area contributed by atoms with Crippen molar-refractivity contribution in [1.29, 1.82) is 0 Å². The predicted molar refractivity (Wildman–Crippen MR) is 132 cm³/mol. The molecule has 0 radical (unpaired) electrons. The summed E-state index contributed by atoms with van der Waals surface area (Å²) < 4.78 is 5.12. The summed E-state index contributed by atoms with van der Waals surface area (Å²) in [6.07, 6.45) is 9.47. The molecule has 0 aromatic heterocycles. The Morgan fingerprint density at radius 3 is 2.65 bits per heavy atom. The minimum Gasteiger partial charge on any atom is -0.463 e. The molecule has 0 unspecified atom stereocenters. The fourth-order valence-electron chi connectivity index (χ4n) is 4.38. The van der Waals surface area contributed by atoms with Gasteiger partial charge in [-0.1, -0.05) is 42.5 Å². The van der Waals surface area contributed by atoms with Crippen molar-refractivity contribution < 1.29 is 29.6 Å². The predicted octanol–water partition coefficient (Wildman–Crippen LogP) is 4.17. The molecule has 1 fully saturated rings. The van der Waals surface area contributed by atoms with Crippen molar-refractivity contribution in [2.75, 3.05) is 0 Å². The largest absolute Gasteiger partial charge is 0.463 e. The summed E-state index contributed by atoms with van der Waals surface area (Å²) >= 11 is 0. The highest BCUT2D eigenvalue weighted by atomic mass is 16.5. The number of allylic oxidation sites excluding steroid dienone is 2. The molecule has 188 valence electrons. The highest BCUT2D eigenvalue weighted by Crippen LogP contribution is 2.36. The van der Waals surface area contributed by atoms with E-state index in [4.69, 9.17) is 4.74 Å². The number of aryl methyl sites for hydroxylation is 1. The van der Waals surface area contributed by atoms with Crippen molar-refractivity contribution >= 4 is 11.8 Å². The molecule has 34 heavy (non-hydrogen) atoms. The van der Waals surface area contributed by atoms with Crippen LogP contribution in [-0.2, 0) is 16.0 Å². The van der Waals surface area contributed by atoms with E-state index >= 15 is 0 Å². The zero-order valence-electron chi connectivity index (χ0n) is 20.6. The van der Waals surface area contributed by atoms with E-state index in [0.717, 1.165) is 12.0 Å². The van der Waals surface area contributed by atoms with Gasteiger partial charge in [0.05, 0.1) is 24.4 Å². The molecule has 1 aromatic carbocycles. The van der Waals surface area contributed by atoms with Gasteiger partial charge in [0.2, 0.25) is 0 Å². The van der Waals surface area contributed by atoms with E-state index in [1.54, 1.807) is 12.1 Å². The van der Waals surface area contributed by atoms with Crippen LogP contribution in [0.4, 0.5) is 0 Å². The first-order valence-corrected chi connectivity index (χ1v) is 12.3. The van der Waals surface area contributed by atoms with Crippen molar-refractivity contribution in [2.45, 2.75) is 90.1 Å². The maximum Gasteiger partial charge on any atom is 0.306 e. The van der Waals surface area contributed by atoms with Crippen LogP contribution >= 0.6 is 0 Å². The summed E-state index contributed by atoms with van der Waals surface area (Å²) in [7, 11) is 0. The monoisotopic (exact) mass is 472 g/mol. The summed E-state index contributed by atoms with van der Waals surface area (Å²) in [5.41, 5.74) is 1.66. The van der Waals surface area contributed by atoms with Gasteiger partial charge < -0.3 is 20.1 Å². The number of Topliss-reactive ketones (excluding diaryl/α,β-unsaturated/α-hetero) is 1. The molecule has 6 heteroatoms. The van der Waals surface area contributed by atoms with Gasteiger partial charge in [-0.15, -0.1) is 0 Å². The highest BCUT2D eigenvalue weighted by Gasteiger charge is 2.39. The van der Waals surface area contributed by atoms with E-state index in [2.05, 4.69) is 0 Å². The number of benzene rings is 1. The van der Waals surface area contributed by atoms with Crippen molar-refractivity contribution in [3.8, 4) is 0 Å². The first-order valence-electron chi connectivity index (χ1n) is 12.3. The van der Waals surface area contributed by atoms with Crippen LogP contribution in [0.25, 0.3) is 0 Å². The van der Waals surface area contributed by atoms with Crippen LogP contribution < -0.4 is 0 Å².